The first-order valence-electron chi connectivity index (χ1n) is 11.8. The monoisotopic (exact) mass is 491 g/mol. The summed E-state index contributed by atoms with van der Waals surface area (Å²) < 4.78 is 18.0. The third-order valence-electron chi connectivity index (χ3n) is 6.20. The summed E-state index contributed by atoms with van der Waals surface area (Å²) in [7, 11) is 2.79. The number of carbonyl (C=O) groups is 2. The summed E-state index contributed by atoms with van der Waals surface area (Å²) in [6.45, 7) is 1.09. The second kappa shape index (κ2) is 11.6. The number of hydrogen-bond acceptors (Lipinski definition) is 7. The summed E-state index contributed by atoms with van der Waals surface area (Å²) in [6.07, 6.45) is 1.74. The summed E-state index contributed by atoms with van der Waals surface area (Å²) in [4.78, 5) is 45.1. The predicted octanol–water partition coefficient (Wildman–Crippen LogP) is 2.42. The van der Waals surface area contributed by atoms with Crippen molar-refractivity contribution in [2.45, 2.75) is 25.5 Å². The van der Waals surface area contributed by atoms with Crippen molar-refractivity contribution in [1.82, 2.24) is 14.5 Å². The Morgan fingerprint density at radius 2 is 1.81 bits per heavy atom. The first kappa shape index (κ1) is 25.1. The Hall–Kier alpha value is -3.98. The van der Waals surface area contributed by atoms with Crippen LogP contribution >= 0.6 is 0 Å². The van der Waals surface area contributed by atoms with Gasteiger partial charge >= 0.3 is 5.97 Å². The highest BCUT2D eigenvalue weighted by Gasteiger charge is 2.30. The van der Waals surface area contributed by atoms with Gasteiger partial charge in [0.25, 0.3) is 11.5 Å². The maximum Gasteiger partial charge on any atom is 0.343 e. The molecule has 0 aliphatic carbocycles. The molecule has 0 radical (unpaired) electrons. The lowest BCUT2D eigenvalue weighted by Crippen LogP contribution is -2.38. The third-order valence-corrected chi connectivity index (χ3v) is 6.20. The van der Waals surface area contributed by atoms with Crippen LogP contribution in [0.4, 0.5) is 0 Å². The average Bonchev–Trinajstić information content (AvgIpc) is 3.14. The number of amides is 1. The molecule has 1 aliphatic heterocycles. The van der Waals surface area contributed by atoms with Crippen LogP contribution in [-0.4, -0.2) is 60.2 Å². The van der Waals surface area contributed by atoms with E-state index < -0.39 is 12.1 Å². The first-order valence-corrected chi connectivity index (χ1v) is 11.8. The second-order valence-electron chi connectivity index (χ2n) is 8.33. The van der Waals surface area contributed by atoms with Gasteiger partial charge < -0.3 is 23.7 Å². The number of nitrogens with zero attached hydrogens (tertiary/aromatic N) is 3. The maximum absolute atomic E-state index is 13.3. The number of benzene rings is 1. The van der Waals surface area contributed by atoms with E-state index in [2.05, 4.69) is 4.98 Å². The third kappa shape index (κ3) is 5.46. The molecule has 0 saturated carbocycles. The van der Waals surface area contributed by atoms with Crippen molar-refractivity contribution < 1.29 is 23.8 Å². The fourth-order valence-corrected chi connectivity index (χ4v) is 4.39. The van der Waals surface area contributed by atoms with Gasteiger partial charge in [0, 0.05) is 63.2 Å². The lowest BCUT2D eigenvalue weighted by Gasteiger charge is -2.25. The van der Waals surface area contributed by atoms with Gasteiger partial charge in [-0.3, -0.25) is 14.6 Å². The maximum atomic E-state index is 13.3. The zero-order valence-electron chi connectivity index (χ0n) is 20.4. The molecule has 2 aromatic heterocycles. The Morgan fingerprint density at radius 1 is 1.03 bits per heavy atom. The Balaban J connectivity index is 1.57. The summed E-state index contributed by atoms with van der Waals surface area (Å²) in [5, 5.41) is 0. The number of pyridine rings is 2. The molecular formula is C27H29N3O6. The molecule has 3 aromatic rings. The molecule has 9 heteroatoms. The van der Waals surface area contributed by atoms with E-state index >= 15 is 0 Å². The molecule has 4 rings (SSSR count). The van der Waals surface area contributed by atoms with Gasteiger partial charge in [-0.05, 0) is 17.7 Å². The van der Waals surface area contributed by atoms with E-state index in [1.807, 2.05) is 48.5 Å². The van der Waals surface area contributed by atoms with Crippen molar-refractivity contribution in [3.63, 3.8) is 0 Å². The normalized spacial score (nSPS) is 13.9. The van der Waals surface area contributed by atoms with E-state index in [1.165, 1.54) is 24.9 Å². The van der Waals surface area contributed by atoms with Gasteiger partial charge in [0.15, 0.2) is 6.10 Å². The van der Waals surface area contributed by atoms with Crippen molar-refractivity contribution >= 4 is 11.9 Å². The highest BCUT2D eigenvalue weighted by Crippen LogP contribution is 2.26. The van der Waals surface area contributed by atoms with E-state index in [4.69, 9.17) is 14.2 Å². The quantitative estimate of drug-likeness (QED) is 0.446. The minimum atomic E-state index is -0.755. The summed E-state index contributed by atoms with van der Waals surface area (Å²) in [5.41, 5.74) is 1.99. The van der Waals surface area contributed by atoms with E-state index in [9.17, 15) is 14.4 Å². The van der Waals surface area contributed by atoms with Crippen LogP contribution in [0.1, 0.15) is 33.4 Å². The van der Waals surface area contributed by atoms with Gasteiger partial charge in [0.05, 0.1) is 13.7 Å². The summed E-state index contributed by atoms with van der Waals surface area (Å²) >= 11 is 0. The van der Waals surface area contributed by atoms with Crippen LogP contribution < -0.4 is 10.3 Å². The lowest BCUT2D eigenvalue weighted by molar-refractivity contribution is -0.142. The average molecular weight is 492 g/mol. The smallest absolute Gasteiger partial charge is 0.343 e. The standard InChI is InChI=1S/C27H29N3O6/c1-34-25(19-8-4-3-5-9-19)26(32)29-14-11-21-24(27(33)35-2)22(18-23(31)30(21)16-15-29)36-17-12-20-10-6-7-13-28-20/h3-10,13,18,25H,11-12,14-17H2,1-2H3/t25-/m1/s1. The van der Waals surface area contributed by atoms with Crippen molar-refractivity contribution in [3.05, 3.63) is 93.7 Å². The van der Waals surface area contributed by atoms with Crippen LogP contribution in [0.5, 0.6) is 5.75 Å². The van der Waals surface area contributed by atoms with Gasteiger partial charge in [0.1, 0.15) is 11.3 Å². The van der Waals surface area contributed by atoms with E-state index in [0.717, 1.165) is 11.3 Å². The molecular weight excluding hydrogens is 462 g/mol. The molecule has 0 unspecified atom stereocenters. The molecule has 0 bridgehead atoms. The minimum absolute atomic E-state index is 0.174. The van der Waals surface area contributed by atoms with Gasteiger partial charge in [-0.1, -0.05) is 36.4 Å². The van der Waals surface area contributed by atoms with Gasteiger partial charge in [-0.15, -0.1) is 0 Å². The molecule has 0 saturated heterocycles. The van der Waals surface area contributed by atoms with Crippen LogP contribution in [0.15, 0.2) is 65.6 Å². The van der Waals surface area contributed by atoms with Crippen LogP contribution in [0.3, 0.4) is 0 Å². The predicted molar refractivity (Wildman–Crippen MR) is 132 cm³/mol. The Bertz CT molecular complexity index is 1260. The number of ether oxygens (including phenoxy) is 3. The van der Waals surface area contributed by atoms with Crippen LogP contribution in [0, 0.1) is 0 Å². The first-order chi connectivity index (χ1) is 17.5. The molecule has 1 aliphatic rings. The Kier molecular flexibility index (Phi) is 8.12. The second-order valence-corrected chi connectivity index (χ2v) is 8.33. The van der Waals surface area contributed by atoms with Crippen LogP contribution in [0.2, 0.25) is 0 Å². The Labute approximate surface area is 209 Å². The van der Waals surface area contributed by atoms with Crippen molar-refractivity contribution in [3.8, 4) is 5.75 Å². The largest absolute Gasteiger partial charge is 0.492 e. The molecule has 9 nitrogen and oxygen atoms in total. The number of methoxy groups -OCH3 is 2. The fourth-order valence-electron chi connectivity index (χ4n) is 4.39. The minimum Gasteiger partial charge on any atom is -0.492 e. The number of rotatable bonds is 8. The van der Waals surface area contributed by atoms with Crippen molar-refractivity contribution in [1.29, 1.82) is 0 Å². The van der Waals surface area contributed by atoms with E-state index in [1.54, 1.807) is 11.1 Å². The van der Waals surface area contributed by atoms with Crippen molar-refractivity contribution in [2.75, 3.05) is 33.9 Å². The summed E-state index contributed by atoms with van der Waals surface area (Å²) in [6, 6.07) is 16.2. The zero-order chi connectivity index (χ0) is 25.5. The molecule has 0 N–H and O–H groups in total. The number of fused-ring (bicyclic) bond motifs is 1. The molecule has 0 fully saturated rings. The number of carbonyl (C=O) groups excluding carboxylic acids is 2. The van der Waals surface area contributed by atoms with Gasteiger partial charge in [-0.25, -0.2) is 4.79 Å². The number of esters is 1. The van der Waals surface area contributed by atoms with Gasteiger partial charge in [-0.2, -0.15) is 0 Å². The molecule has 3 heterocycles. The lowest BCUT2D eigenvalue weighted by atomic mass is 10.1. The highest BCUT2D eigenvalue weighted by molar-refractivity contribution is 5.93. The molecule has 1 atom stereocenters. The molecule has 188 valence electrons. The van der Waals surface area contributed by atoms with Gasteiger partial charge in [0.2, 0.25) is 0 Å². The van der Waals surface area contributed by atoms with Crippen LogP contribution in [0.25, 0.3) is 0 Å². The number of aromatic nitrogens is 2. The topological polar surface area (TPSA) is 100.0 Å². The summed E-state index contributed by atoms with van der Waals surface area (Å²) in [5.74, 6) is -0.616. The van der Waals surface area contributed by atoms with Crippen LogP contribution in [-0.2, 0) is 33.7 Å². The molecule has 1 amide bonds. The van der Waals surface area contributed by atoms with E-state index in [0.29, 0.717) is 25.2 Å². The SMILES string of the molecule is COC(=O)c1c(OCCc2ccccn2)cc(=O)n2c1CCN(C(=O)[C@H](OC)c1ccccc1)CC2. The fraction of sp³-hybridized carbons (Fsp3) is 0.333. The molecule has 0 spiro atoms. The van der Waals surface area contributed by atoms with Crippen molar-refractivity contribution in [2.24, 2.45) is 0 Å². The Morgan fingerprint density at radius 3 is 2.50 bits per heavy atom. The highest BCUT2D eigenvalue weighted by atomic mass is 16.5. The molecule has 1 aromatic carbocycles. The number of hydrogen-bond donors (Lipinski definition) is 0. The van der Waals surface area contributed by atoms with E-state index in [-0.39, 0.29) is 42.4 Å². The molecule has 36 heavy (non-hydrogen) atoms. The zero-order valence-corrected chi connectivity index (χ0v) is 20.4.